The molecule has 1 aromatic rings. The maximum absolute atomic E-state index is 12.8. The van der Waals surface area contributed by atoms with Crippen molar-refractivity contribution in [3.8, 4) is 0 Å². The quantitative estimate of drug-likeness (QED) is 0.822. The molecular weight excluding hydrogens is 296 g/mol. The van der Waals surface area contributed by atoms with Crippen molar-refractivity contribution in [1.82, 2.24) is 9.88 Å². The Kier molecular flexibility index (Phi) is 5.14. The Hall–Kier alpha value is -0.940. The molecule has 0 aromatic carbocycles. The number of carbonyl (C=O) groups is 1. The number of nitrogens with zero attached hydrogens (tertiary/aromatic N) is 2. The Balaban J connectivity index is 1.70. The summed E-state index contributed by atoms with van der Waals surface area (Å²) < 4.78 is 5.57. The lowest BCUT2D eigenvalue weighted by atomic mass is 9.96. The van der Waals surface area contributed by atoms with E-state index >= 15 is 0 Å². The molecule has 3 rings (SSSR count). The Morgan fingerprint density at radius 3 is 2.91 bits per heavy atom. The number of amides is 1. The Morgan fingerprint density at radius 2 is 2.18 bits per heavy atom. The van der Waals surface area contributed by atoms with Gasteiger partial charge in [-0.05, 0) is 45.4 Å². The zero-order chi connectivity index (χ0) is 15.5. The van der Waals surface area contributed by atoms with E-state index < -0.39 is 0 Å². The largest absolute Gasteiger partial charge is 0.372 e. The molecule has 0 radical (unpaired) electrons. The molecule has 1 amide bonds. The first-order valence-electron chi connectivity index (χ1n) is 8.58. The molecule has 1 saturated heterocycles. The molecule has 1 aromatic heterocycles. The fraction of sp³-hybridized carbons (Fsp3) is 0.765. The third-order valence-corrected chi connectivity index (χ3v) is 6.02. The molecule has 0 N–H and O–H groups in total. The van der Waals surface area contributed by atoms with Crippen LogP contribution in [-0.2, 0) is 4.74 Å². The van der Waals surface area contributed by atoms with Crippen LogP contribution in [0.4, 0.5) is 0 Å². The van der Waals surface area contributed by atoms with Crippen molar-refractivity contribution in [2.24, 2.45) is 5.92 Å². The normalized spacial score (nSPS) is 24.1. The summed E-state index contributed by atoms with van der Waals surface area (Å²) in [6.45, 7) is 5.54. The average Bonchev–Trinajstić information content (AvgIpc) is 3.25. The highest BCUT2D eigenvalue weighted by Gasteiger charge is 2.36. The van der Waals surface area contributed by atoms with Gasteiger partial charge in [0.2, 0.25) is 0 Å². The number of aromatic nitrogens is 1. The topological polar surface area (TPSA) is 42.4 Å². The van der Waals surface area contributed by atoms with Crippen LogP contribution in [0, 0.1) is 5.92 Å². The minimum Gasteiger partial charge on any atom is -0.372 e. The summed E-state index contributed by atoms with van der Waals surface area (Å²) in [5.74, 6) is 0.840. The van der Waals surface area contributed by atoms with E-state index in [9.17, 15) is 4.79 Å². The minimum absolute atomic E-state index is 0.0271. The van der Waals surface area contributed by atoms with Crippen LogP contribution in [0.3, 0.4) is 0 Å². The van der Waals surface area contributed by atoms with Gasteiger partial charge in [0.05, 0.1) is 0 Å². The van der Waals surface area contributed by atoms with E-state index in [1.165, 1.54) is 43.4 Å². The minimum atomic E-state index is -0.0271. The predicted molar refractivity (Wildman–Crippen MR) is 88.2 cm³/mol. The van der Waals surface area contributed by atoms with E-state index in [4.69, 9.17) is 4.74 Å². The first kappa shape index (κ1) is 15.9. The van der Waals surface area contributed by atoms with Gasteiger partial charge >= 0.3 is 0 Å². The molecule has 4 nitrogen and oxygen atoms in total. The lowest BCUT2D eigenvalue weighted by Gasteiger charge is -2.28. The third-order valence-electron chi connectivity index (χ3n) is 5.01. The molecule has 2 fully saturated rings. The van der Waals surface area contributed by atoms with Gasteiger partial charge in [-0.1, -0.05) is 12.8 Å². The van der Waals surface area contributed by atoms with Crippen LogP contribution in [-0.4, -0.2) is 35.0 Å². The van der Waals surface area contributed by atoms with Crippen molar-refractivity contribution in [3.63, 3.8) is 0 Å². The molecule has 2 heterocycles. The summed E-state index contributed by atoms with van der Waals surface area (Å²) in [5, 5.41) is 2.80. The number of rotatable bonds is 5. The van der Waals surface area contributed by atoms with Crippen LogP contribution in [0.1, 0.15) is 74.0 Å². The van der Waals surface area contributed by atoms with Crippen LogP contribution in [0.2, 0.25) is 0 Å². The van der Waals surface area contributed by atoms with Crippen LogP contribution in [0.5, 0.6) is 0 Å². The van der Waals surface area contributed by atoms with Crippen molar-refractivity contribution in [2.75, 3.05) is 13.2 Å². The zero-order valence-corrected chi connectivity index (χ0v) is 14.4. The summed E-state index contributed by atoms with van der Waals surface area (Å²) in [7, 11) is 0. The maximum Gasteiger partial charge on any atom is 0.273 e. The Morgan fingerprint density at radius 1 is 1.41 bits per heavy atom. The average molecular weight is 322 g/mol. The van der Waals surface area contributed by atoms with Crippen LogP contribution in [0.15, 0.2) is 5.38 Å². The second-order valence-corrected chi connectivity index (χ2v) is 7.31. The van der Waals surface area contributed by atoms with Crippen molar-refractivity contribution < 1.29 is 9.53 Å². The first-order valence-corrected chi connectivity index (χ1v) is 9.46. The fourth-order valence-corrected chi connectivity index (χ4v) is 4.71. The SMILES string of the molecule is CCO[C@H](C)c1nc(C(=O)N2CCC[C@@H]2C2CCCC2)cs1. The fourth-order valence-electron chi connectivity index (χ4n) is 3.92. The van der Waals surface area contributed by atoms with E-state index in [1.54, 1.807) is 0 Å². The van der Waals surface area contributed by atoms with Gasteiger partial charge in [0.15, 0.2) is 0 Å². The van der Waals surface area contributed by atoms with E-state index in [1.807, 2.05) is 19.2 Å². The Labute approximate surface area is 136 Å². The summed E-state index contributed by atoms with van der Waals surface area (Å²) in [5.41, 5.74) is 0.608. The predicted octanol–water partition coefficient (Wildman–Crippen LogP) is 4.04. The molecule has 1 saturated carbocycles. The van der Waals surface area contributed by atoms with E-state index in [-0.39, 0.29) is 12.0 Å². The monoisotopic (exact) mass is 322 g/mol. The van der Waals surface area contributed by atoms with Gasteiger partial charge < -0.3 is 9.64 Å². The smallest absolute Gasteiger partial charge is 0.273 e. The van der Waals surface area contributed by atoms with Crippen LogP contribution >= 0.6 is 11.3 Å². The number of hydrogen-bond acceptors (Lipinski definition) is 4. The Bertz CT molecular complexity index is 511. The second-order valence-electron chi connectivity index (χ2n) is 6.42. The number of carbonyl (C=O) groups excluding carboxylic acids is 1. The first-order chi connectivity index (χ1) is 10.7. The zero-order valence-electron chi connectivity index (χ0n) is 13.6. The number of hydrogen-bond donors (Lipinski definition) is 0. The van der Waals surface area contributed by atoms with E-state index in [0.717, 1.165) is 18.0 Å². The second kappa shape index (κ2) is 7.09. The third kappa shape index (κ3) is 3.20. The van der Waals surface area contributed by atoms with Crippen molar-refractivity contribution in [2.45, 2.75) is 64.5 Å². The van der Waals surface area contributed by atoms with Gasteiger partial charge in [-0.15, -0.1) is 11.3 Å². The number of likely N-dealkylation sites (tertiary alicyclic amines) is 1. The molecule has 5 heteroatoms. The summed E-state index contributed by atoms with van der Waals surface area (Å²) in [4.78, 5) is 19.5. The lowest BCUT2D eigenvalue weighted by Crippen LogP contribution is -2.39. The molecule has 0 bridgehead atoms. The van der Waals surface area contributed by atoms with Crippen LogP contribution < -0.4 is 0 Å². The standard InChI is InChI=1S/C17H26N2O2S/c1-3-21-12(2)16-18-14(11-22-16)17(20)19-10-6-9-15(19)13-7-4-5-8-13/h11-13,15H,3-10H2,1-2H3/t12-,15-/m1/s1. The van der Waals surface area contributed by atoms with Crippen LogP contribution in [0.25, 0.3) is 0 Å². The molecule has 22 heavy (non-hydrogen) atoms. The maximum atomic E-state index is 12.8. The summed E-state index contributed by atoms with van der Waals surface area (Å²) in [6.07, 6.45) is 7.52. The van der Waals surface area contributed by atoms with Gasteiger partial charge in [0, 0.05) is 24.6 Å². The number of ether oxygens (including phenoxy) is 1. The van der Waals surface area contributed by atoms with Crippen molar-refractivity contribution in [1.29, 1.82) is 0 Å². The highest BCUT2D eigenvalue weighted by Crippen LogP contribution is 2.36. The van der Waals surface area contributed by atoms with Gasteiger partial charge in [-0.25, -0.2) is 4.98 Å². The van der Waals surface area contributed by atoms with Gasteiger partial charge in [-0.2, -0.15) is 0 Å². The highest BCUT2D eigenvalue weighted by atomic mass is 32.1. The van der Waals surface area contributed by atoms with Crippen molar-refractivity contribution >= 4 is 17.2 Å². The van der Waals surface area contributed by atoms with E-state index in [2.05, 4.69) is 9.88 Å². The lowest BCUT2D eigenvalue weighted by molar-refractivity contribution is 0.0676. The molecule has 2 atom stereocenters. The summed E-state index contributed by atoms with van der Waals surface area (Å²) in [6, 6.07) is 0.449. The molecule has 1 aliphatic carbocycles. The van der Waals surface area contributed by atoms with Crippen molar-refractivity contribution in [3.05, 3.63) is 16.1 Å². The van der Waals surface area contributed by atoms with E-state index in [0.29, 0.717) is 24.3 Å². The molecule has 122 valence electrons. The molecule has 0 unspecified atom stereocenters. The van der Waals surface area contributed by atoms with Gasteiger partial charge in [-0.3, -0.25) is 4.79 Å². The molecular formula is C17H26N2O2S. The van der Waals surface area contributed by atoms with Gasteiger partial charge in [0.25, 0.3) is 5.91 Å². The number of thiazole rings is 1. The molecule has 1 aliphatic heterocycles. The van der Waals surface area contributed by atoms with Gasteiger partial charge in [0.1, 0.15) is 16.8 Å². The molecule has 0 spiro atoms. The molecule has 2 aliphatic rings. The summed E-state index contributed by atoms with van der Waals surface area (Å²) >= 11 is 1.53. The highest BCUT2D eigenvalue weighted by molar-refractivity contribution is 7.09.